The number of pyridine rings is 1. The minimum absolute atomic E-state index is 0.0341. The maximum Gasteiger partial charge on any atom is 0.262 e. The first-order chi connectivity index (χ1) is 14.0. The highest BCUT2D eigenvalue weighted by Gasteiger charge is 2.11. The summed E-state index contributed by atoms with van der Waals surface area (Å²) in [7, 11) is 0. The first-order valence-corrected chi connectivity index (χ1v) is 10.1. The third kappa shape index (κ3) is 4.43. The first-order valence-electron chi connectivity index (χ1n) is 9.31. The average Bonchev–Trinajstić information content (AvgIpc) is 3.11. The summed E-state index contributed by atoms with van der Waals surface area (Å²) in [4.78, 5) is 22.2. The number of nitrogens with zero attached hydrogens (tertiary/aromatic N) is 2. The molecule has 0 radical (unpaired) electrons. The summed E-state index contributed by atoms with van der Waals surface area (Å²) in [5.41, 5.74) is 5.85. The van der Waals surface area contributed by atoms with E-state index >= 15 is 0 Å². The molecule has 0 saturated carbocycles. The van der Waals surface area contributed by atoms with E-state index in [-0.39, 0.29) is 12.5 Å². The summed E-state index contributed by atoms with van der Waals surface area (Å²) in [5.74, 6) is 0.512. The number of benzene rings is 2. The van der Waals surface area contributed by atoms with Crippen LogP contribution in [0.4, 0.5) is 5.69 Å². The van der Waals surface area contributed by atoms with Crippen LogP contribution in [0.2, 0.25) is 0 Å². The fraction of sp³-hybridized carbons (Fsp3) is 0.174. The number of fused-ring (bicyclic) bond motifs is 1. The summed E-state index contributed by atoms with van der Waals surface area (Å²) in [6.45, 7) is 5.95. The van der Waals surface area contributed by atoms with Gasteiger partial charge in [0.15, 0.2) is 6.61 Å². The van der Waals surface area contributed by atoms with Crippen molar-refractivity contribution in [3.05, 3.63) is 71.4 Å². The topological polar surface area (TPSA) is 64.1 Å². The molecule has 1 N–H and O–H groups in total. The molecule has 2 aromatic heterocycles. The quantitative estimate of drug-likeness (QED) is 0.491. The lowest BCUT2D eigenvalue weighted by Gasteiger charge is -2.11. The van der Waals surface area contributed by atoms with E-state index in [1.54, 1.807) is 17.5 Å². The van der Waals surface area contributed by atoms with E-state index in [0.717, 1.165) is 43.3 Å². The molecule has 0 aliphatic rings. The number of carbonyl (C=O) groups excluding carboxylic acids is 1. The SMILES string of the molecule is Cc1cc(C)cc(OCC(=O)Nc2ccc(-c3nc4cccnc4s3)cc2C)c1. The standard InChI is InChI=1S/C23H21N3O2S/c1-14-9-15(2)11-18(10-14)28-13-21(27)25-19-7-6-17(12-16(19)3)22-26-20-5-4-8-24-23(20)29-22/h4-12H,13H2,1-3H3,(H,25,27). The van der Waals surface area contributed by atoms with Gasteiger partial charge in [-0.1, -0.05) is 17.4 Å². The van der Waals surface area contributed by atoms with Crippen LogP contribution in [-0.4, -0.2) is 22.5 Å². The largest absolute Gasteiger partial charge is 0.484 e. The van der Waals surface area contributed by atoms with Crippen molar-refractivity contribution in [3.8, 4) is 16.3 Å². The molecule has 5 nitrogen and oxygen atoms in total. The molecule has 2 aromatic carbocycles. The second-order valence-corrected chi connectivity index (χ2v) is 8.01. The second-order valence-electron chi connectivity index (χ2n) is 7.04. The Labute approximate surface area is 173 Å². The molecular weight excluding hydrogens is 382 g/mol. The highest BCUT2D eigenvalue weighted by Crippen LogP contribution is 2.31. The summed E-state index contributed by atoms with van der Waals surface area (Å²) < 4.78 is 5.64. The Morgan fingerprint density at radius 2 is 1.86 bits per heavy atom. The molecule has 6 heteroatoms. The first kappa shape index (κ1) is 19.1. The fourth-order valence-electron chi connectivity index (χ4n) is 3.18. The normalized spacial score (nSPS) is 10.9. The van der Waals surface area contributed by atoms with Crippen LogP contribution in [0.3, 0.4) is 0 Å². The van der Waals surface area contributed by atoms with Crippen LogP contribution in [-0.2, 0) is 4.79 Å². The number of amides is 1. The van der Waals surface area contributed by atoms with E-state index in [9.17, 15) is 4.79 Å². The lowest BCUT2D eigenvalue weighted by atomic mass is 10.1. The van der Waals surface area contributed by atoms with Gasteiger partial charge in [0, 0.05) is 17.4 Å². The van der Waals surface area contributed by atoms with Crippen molar-refractivity contribution in [2.24, 2.45) is 0 Å². The Bertz CT molecular complexity index is 1150. The number of nitrogens with one attached hydrogen (secondary N) is 1. The molecule has 0 fully saturated rings. The van der Waals surface area contributed by atoms with Gasteiger partial charge in [-0.15, -0.1) is 0 Å². The average molecular weight is 404 g/mol. The van der Waals surface area contributed by atoms with E-state index in [2.05, 4.69) is 21.4 Å². The number of thiazole rings is 1. The van der Waals surface area contributed by atoms with Crippen LogP contribution >= 0.6 is 11.3 Å². The molecule has 2 heterocycles. The van der Waals surface area contributed by atoms with Gasteiger partial charge >= 0.3 is 0 Å². The van der Waals surface area contributed by atoms with Gasteiger partial charge in [-0.05, 0) is 79.9 Å². The molecule has 0 atom stereocenters. The predicted octanol–water partition coefficient (Wildman–Crippen LogP) is 5.30. The van der Waals surface area contributed by atoms with Crippen molar-refractivity contribution in [3.63, 3.8) is 0 Å². The molecule has 0 aliphatic carbocycles. The van der Waals surface area contributed by atoms with Crippen LogP contribution in [0.25, 0.3) is 20.9 Å². The van der Waals surface area contributed by atoms with Gasteiger partial charge in [0.05, 0.1) is 0 Å². The van der Waals surface area contributed by atoms with Crippen LogP contribution in [0.15, 0.2) is 54.7 Å². The van der Waals surface area contributed by atoms with Crippen LogP contribution < -0.4 is 10.1 Å². The number of anilines is 1. The number of hydrogen-bond donors (Lipinski definition) is 1. The van der Waals surface area contributed by atoms with Crippen molar-refractivity contribution in [2.75, 3.05) is 11.9 Å². The van der Waals surface area contributed by atoms with Gasteiger partial charge in [0.25, 0.3) is 5.91 Å². The molecule has 146 valence electrons. The molecule has 0 unspecified atom stereocenters. The lowest BCUT2D eigenvalue weighted by molar-refractivity contribution is -0.118. The van der Waals surface area contributed by atoms with E-state index < -0.39 is 0 Å². The zero-order valence-corrected chi connectivity index (χ0v) is 17.3. The van der Waals surface area contributed by atoms with Gasteiger partial charge in [-0.2, -0.15) is 0 Å². The third-order valence-corrected chi connectivity index (χ3v) is 5.51. The maximum absolute atomic E-state index is 12.3. The predicted molar refractivity (Wildman–Crippen MR) is 118 cm³/mol. The van der Waals surface area contributed by atoms with Gasteiger partial charge in [-0.3, -0.25) is 4.79 Å². The van der Waals surface area contributed by atoms with Crippen molar-refractivity contribution in [1.82, 2.24) is 9.97 Å². The number of aryl methyl sites for hydroxylation is 3. The Balaban J connectivity index is 1.44. The second kappa shape index (κ2) is 8.01. The molecule has 0 saturated heterocycles. The van der Waals surface area contributed by atoms with Crippen molar-refractivity contribution in [2.45, 2.75) is 20.8 Å². The van der Waals surface area contributed by atoms with E-state index in [1.165, 1.54) is 0 Å². The van der Waals surface area contributed by atoms with Crippen molar-refractivity contribution >= 4 is 33.3 Å². The minimum Gasteiger partial charge on any atom is -0.484 e. The molecule has 4 rings (SSSR count). The highest BCUT2D eigenvalue weighted by atomic mass is 32.1. The van der Waals surface area contributed by atoms with Gasteiger partial charge < -0.3 is 10.1 Å². The van der Waals surface area contributed by atoms with Crippen molar-refractivity contribution in [1.29, 1.82) is 0 Å². The minimum atomic E-state index is -0.191. The summed E-state index contributed by atoms with van der Waals surface area (Å²) in [5, 5.41) is 3.84. The summed E-state index contributed by atoms with van der Waals surface area (Å²) in [6.07, 6.45) is 1.77. The van der Waals surface area contributed by atoms with E-state index in [4.69, 9.17) is 4.74 Å². The van der Waals surface area contributed by atoms with Gasteiger partial charge in [0.2, 0.25) is 0 Å². The third-order valence-electron chi connectivity index (χ3n) is 4.48. The van der Waals surface area contributed by atoms with Crippen molar-refractivity contribution < 1.29 is 9.53 Å². The van der Waals surface area contributed by atoms with E-state index in [1.807, 2.05) is 63.2 Å². The molecular formula is C23H21N3O2S. The van der Waals surface area contributed by atoms with Crippen LogP contribution in [0.1, 0.15) is 16.7 Å². The van der Waals surface area contributed by atoms with Crippen LogP contribution in [0.5, 0.6) is 5.75 Å². The molecule has 4 aromatic rings. The molecule has 1 amide bonds. The van der Waals surface area contributed by atoms with Gasteiger partial charge in [0.1, 0.15) is 21.1 Å². The molecule has 0 aliphatic heterocycles. The van der Waals surface area contributed by atoms with Crippen LogP contribution in [0, 0.1) is 20.8 Å². The molecule has 0 spiro atoms. The summed E-state index contributed by atoms with van der Waals surface area (Å²) in [6, 6.07) is 15.6. The number of carbonyl (C=O) groups is 1. The number of rotatable bonds is 5. The number of hydrogen-bond acceptors (Lipinski definition) is 5. The Hall–Kier alpha value is -3.25. The molecule has 0 bridgehead atoms. The summed E-state index contributed by atoms with van der Waals surface area (Å²) >= 11 is 1.56. The van der Waals surface area contributed by atoms with E-state index in [0.29, 0.717) is 5.75 Å². The Kier molecular flexibility index (Phi) is 5.27. The van der Waals surface area contributed by atoms with Gasteiger partial charge in [-0.25, -0.2) is 9.97 Å². The number of aromatic nitrogens is 2. The zero-order chi connectivity index (χ0) is 20.4. The Morgan fingerprint density at radius 3 is 2.59 bits per heavy atom. The maximum atomic E-state index is 12.3. The number of ether oxygens (including phenoxy) is 1. The molecule has 29 heavy (non-hydrogen) atoms. The monoisotopic (exact) mass is 403 g/mol. The highest BCUT2D eigenvalue weighted by molar-refractivity contribution is 7.21. The smallest absolute Gasteiger partial charge is 0.262 e. The Morgan fingerprint density at radius 1 is 1.07 bits per heavy atom. The fourth-order valence-corrected chi connectivity index (χ4v) is 4.09. The zero-order valence-electron chi connectivity index (χ0n) is 16.5. The lowest BCUT2D eigenvalue weighted by Crippen LogP contribution is -2.20.